The zero-order valence-corrected chi connectivity index (χ0v) is 18.2. The van der Waals surface area contributed by atoms with Gasteiger partial charge >= 0.3 is 0 Å². The first-order chi connectivity index (χ1) is 15.1. The second kappa shape index (κ2) is 7.15. The van der Waals surface area contributed by atoms with Crippen molar-refractivity contribution in [3.05, 3.63) is 58.8 Å². The highest BCUT2D eigenvalue weighted by Gasteiger charge is 2.64. The van der Waals surface area contributed by atoms with E-state index in [1.54, 1.807) is 19.9 Å². The molecule has 32 heavy (non-hydrogen) atoms. The van der Waals surface area contributed by atoms with Crippen LogP contribution in [-0.4, -0.2) is 40.0 Å². The molecule has 0 aliphatic heterocycles. The van der Waals surface area contributed by atoms with Crippen LogP contribution in [0.15, 0.2) is 35.9 Å². The molecule has 1 heterocycles. The zero-order valence-electron chi connectivity index (χ0n) is 18.2. The van der Waals surface area contributed by atoms with Crippen LogP contribution in [0.4, 0.5) is 8.78 Å². The minimum atomic E-state index is -1.02. The van der Waals surface area contributed by atoms with Gasteiger partial charge in [-0.2, -0.15) is 5.10 Å². The maximum Gasteiger partial charge on any atom is 0.246 e. The lowest BCUT2D eigenvalue weighted by molar-refractivity contribution is -0.133. The second-order valence-corrected chi connectivity index (χ2v) is 9.71. The number of nitrogens with zero attached hydrogens (tertiary/aromatic N) is 2. The van der Waals surface area contributed by atoms with Crippen molar-refractivity contribution in [1.82, 2.24) is 15.5 Å². The van der Waals surface area contributed by atoms with Crippen molar-refractivity contribution in [3.63, 3.8) is 0 Å². The average molecular weight is 441 g/mol. The van der Waals surface area contributed by atoms with Gasteiger partial charge in [0.05, 0.1) is 16.9 Å². The van der Waals surface area contributed by atoms with Crippen molar-refractivity contribution in [1.29, 1.82) is 0 Å². The van der Waals surface area contributed by atoms with Gasteiger partial charge in [0.2, 0.25) is 5.91 Å². The quantitative estimate of drug-likeness (QED) is 0.673. The van der Waals surface area contributed by atoms with Crippen molar-refractivity contribution in [2.24, 2.45) is 11.8 Å². The smallest absolute Gasteiger partial charge is 0.246 e. The summed E-state index contributed by atoms with van der Waals surface area (Å²) in [5, 5.41) is 21.0. The third-order valence-electron chi connectivity index (χ3n) is 6.68. The van der Waals surface area contributed by atoms with Crippen LogP contribution in [0.5, 0.6) is 0 Å². The molecule has 1 saturated carbocycles. The van der Waals surface area contributed by atoms with Crippen LogP contribution in [-0.2, 0) is 15.1 Å². The Hall–Kier alpha value is -2.71. The molecule has 1 aromatic heterocycles. The normalized spacial score (nSPS) is 27.4. The summed E-state index contributed by atoms with van der Waals surface area (Å²) in [5.41, 5.74) is 0.687. The topological polar surface area (TPSA) is 84.3 Å². The molecular weight excluding hydrogens is 416 g/mol. The Bertz CT molecular complexity index is 1120. The van der Waals surface area contributed by atoms with Crippen molar-refractivity contribution in [3.8, 4) is 11.3 Å². The van der Waals surface area contributed by atoms with Gasteiger partial charge in [0, 0.05) is 6.54 Å². The van der Waals surface area contributed by atoms with Crippen molar-refractivity contribution in [2.45, 2.75) is 44.3 Å². The average Bonchev–Trinajstić information content (AvgIpc) is 3.47. The summed E-state index contributed by atoms with van der Waals surface area (Å²) in [7, 11) is 0. The molecule has 4 atom stereocenters. The Balaban J connectivity index is 1.47. The summed E-state index contributed by atoms with van der Waals surface area (Å²) in [6.45, 7) is 5.16. The Morgan fingerprint density at radius 1 is 1.28 bits per heavy atom. The molecule has 168 valence electrons. The van der Waals surface area contributed by atoms with Crippen LogP contribution in [0.1, 0.15) is 44.4 Å². The first-order valence-corrected chi connectivity index (χ1v) is 10.7. The predicted molar refractivity (Wildman–Crippen MR) is 112 cm³/mol. The van der Waals surface area contributed by atoms with Crippen LogP contribution in [0, 0.1) is 23.5 Å². The number of allylic oxidation sites excluding steroid dienone is 1. The van der Waals surface area contributed by atoms with E-state index in [1.165, 1.54) is 23.8 Å². The summed E-state index contributed by atoms with van der Waals surface area (Å²) < 4.78 is 34.8. The highest BCUT2D eigenvalue weighted by atomic mass is 19.1. The lowest BCUT2D eigenvalue weighted by Gasteiger charge is -2.36. The zero-order chi connectivity index (χ0) is 22.8. The summed E-state index contributed by atoms with van der Waals surface area (Å²) in [5.74, 6) is -0.807. The van der Waals surface area contributed by atoms with Gasteiger partial charge in [0.15, 0.2) is 0 Å². The number of fused-ring (bicyclic) bond motifs is 5. The maximum absolute atomic E-state index is 14.3. The molecule has 0 saturated heterocycles. The summed E-state index contributed by atoms with van der Waals surface area (Å²) in [6, 6.07) is 5.44. The van der Waals surface area contributed by atoms with Crippen molar-refractivity contribution in [2.75, 3.05) is 13.2 Å². The van der Waals surface area contributed by atoms with E-state index >= 15 is 0 Å². The number of benzene rings is 1. The fourth-order valence-electron chi connectivity index (χ4n) is 5.29. The standard InChI is InChI=1S/C24H25F2N3O3/c1-12-8-24(32-10-18(30)27-11-23(2,3)31)9-14-19(12)20(14)13-7-17(28-29-22(13)24)21-15(25)5-4-6-16(21)26/h4-8,14,19-20,31H,9-11H2,1-3H3,(H,27,30)/t14?,19?,20-,24+/m1/s1. The summed E-state index contributed by atoms with van der Waals surface area (Å²) in [6.07, 6.45) is 2.70. The number of halogens is 2. The molecule has 0 spiro atoms. The Kier molecular flexibility index (Phi) is 4.73. The van der Waals surface area contributed by atoms with Crippen LogP contribution < -0.4 is 5.32 Å². The first-order valence-electron chi connectivity index (χ1n) is 10.7. The van der Waals surface area contributed by atoms with E-state index < -0.39 is 22.8 Å². The number of carbonyl (C=O) groups is 1. The molecule has 2 N–H and O–H groups in total. The lowest BCUT2D eigenvalue weighted by Crippen LogP contribution is -2.42. The van der Waals surface area contributed by atoms with Gasteiger partial charge in [-0.05, 0) is 74.8 Å². The van der Waals surface area contributed by atoms with Crippen LogP contribution >= 0.6 is 0 Å². The second-order valence-electron chi connectivity index (χ2n) is 9.71. The number of ether oxygens (including phenoxy) is 1. The van der Waals surface area contributed by atoms with Gasteiger partial charge in [0.25, 0.3) is 0 Å². The Morgan fingerprint density at radius 2 is 2.00 bits per heavy atom. The largest absolute Gasteiger partial charge is 0.389 e. The number of rotatable bonds is 6. The van der Waals surface area contributed by atoms with Crippen molar-refractivity contribution >= 4 is 5.91 Å². The molecule has 2 aromatic rings. The molecule has 1 aromatic carbocycles. The van der Waals surface area contributed by atoms with E-state index in [-0.39, 0.29) is 36.2 Å². The number of carbonyl (C=O) groups excluding carboxylic acids is 1. The number of hydrogen-bond acceptors (Lipinski definition) is 5. The minimum absolute atomic E-state index is 0.109. The van der Waals surface area contributed by atoms with E-state index in [1.807, 2.05) is 13.0 Å². The Labute approximate surface area is 184 Å². The van der Waals surface area contributed by atoms with Crippen LogP contribution in [0.2, 0.25) is 0 Å². The Morgan fingerprint density at radius 3 is 2.69 bits per heavy atom. The predicted octanol–water partition coefficient (Wildman–Crippen LogP) is 3.21. The van der Waals surface area contributed by atoms with Crippen LogP contribution in [0.3, 0.4) is 0 Å². The minimum Gasteiger partial charge on any atom is -0.389 e. The van der Waals surface area contributed by atoms with Gasteiger partial charge in [-0.25, -0.2) is 8.78 Å². The molecule has 0 radical (unpaired) electrons. The molecule has 3 aliphatic rings. The molecule has 1 amide bonds. The van der Waals surface area contributed by atoms with E-state index in [0.29, 0.717) is 24.0 Å². The molecule has 1 fully saturated rings. The molecule has 5 rings (SSSR count). The fraction of sp³-hybridized carbons (Fsp3) is 0.458. The van der Waals surface area contributed by atoms with Gasteiger partial charge in [-0.15, -0.1) is 5.10 Å². The van der Waals surface area contributed by atoms with Crippen molar-refractivity contribution < 1.29 is 23.4 Å². The molecule has 3 aliphatic carbocycles. The lowest BCUT2D eigenvalue weighted by atomic mass is 9.80. The van der Waals surface area contributed by atoms with E-state index in [4.69, 9.17) is 4.74 Å². The number of aromatic nitrogens is 2. The summed E-state index contributed by atoms with van der Waals surface area (Å²) >= 11 is 0. The van der Waals surface area contributed by atoms with Gasteiger partial charge in [-0.3, -0.25) is 4.79 Å². The maximum atomic E-state index is 14.3. The van der Waals surface area contributed by atoms with Gasteiger partial charge < -0.3 is 15.2 Å². The first kappa shape index (κ1) is 21.2. The number of nitrogens with one attached hydrogen (secondary N) is 1. The molecule has 2 bridgehead atoms. The SMILES string of the molecule is CC1=C[C@]2(OCC(=O)NCC(C)(C)O)CC3C1[C@@H]3c1cc(-c3c(F)cccc3F)nnc12. The van der Waals surface area contributed by atoms with E-state index in [9.17, 15) is 18.7 Å². The molecular formula is C24H25F2N3O3. The third-order valence-corrected chi connectivity index (χ3v) is 6.68. The molecule has 6 nitrogen and oxygen atoms in total. The molecule has 8 heteroatoms. The van der Waals surface area contributed by atoms with Gasteiger partial charge in [-0.1, -0.05) is 11.6 Å². The van der Waals surface area contributed by atoms with Crippen LogP contribution in [0.25, 0.3) is 11.3 Å². The van der Waals surface area contributed by atoms with E-state index in [0.717, 1.165) is 5.56 Å². The summed E-state index contributed by atoms with van der Waals surface area (Å²) in [4.78, 5) is 12.3. The fourth-order valence-corrected chi connectivity index (χ4v) is 5.29. The third kappa shape index (κ3) is 3.42. The number of amides is 1. The molecule has 2 unspecified atom stereocenters. The monoisotopic (exact) mass is 441 g/mol. The highest BCUT2D eigenvalue weighted by molar-refractivity contribution is 5.77. The highest BCUT2D eigenvalue weighted by Crippen LogP contribution is 2.69. The number of hydrogen-bond donors (Lipinski definition) is 2. The van der Waals surface area contributed by atoms with E-state index in [2.05, 4.69) is 15.5 Å². The van der Waals surface area contributed by atoms with Gasteiger partial charge in [0.1, 0.15) is 29.5 Å². The number of aliphatic hydroxyl groups is 1.